The Balaban J connectivity index is 1.54. The van der Waals surface area contributed by atoms with Gasteiger partial charge in [-0.15, -0.1) is 0 Å². The number of carbonyl (C=O) groups excluding carboxylic acids is 1. The van der Waals surface area contributed by atoms with Crippen molar-refractivity contribution in [3.8, 4) is 0 Å². The molecule has 0 bridgehead atoms. The van der Waals surface area contributed by atoms with Crippen molar-refractivity contribution >= 4 is 28.2 Å². The van der Waals surface area contributed by atoms with Crippen molar-refractivity contribution in [1.29, 1.82) is 0 Å². The molecule has 26 heavy (non-hydrogen) atoms. The van der Waals surface area contributed by atoms with E-state index in [0.717, 1.165) is 41.1 Å². The van der Waals surface area contributed by atoms with Crippen LogP contribution in [0.5, 0.6) is 0 Å². The lowest BCUT2D eigenvalue weighted by Crippen LogP contribution is -2.19. The molecule has 1 aromatic carbocycles. The molecule has 0 atom stereocenters. The molecule has 6 heteroatoms. The lowest BCUT2D eigenvalue weighted by Gasteiger charge is -2.20. The predicted molar refractivity (Wildman–Crippen MR) is 103 cm³/mol. The van der Waals surface area contributed by atoms with Gasteiger partial charge in [-0.1, -0.05) is 0 Å². The average Bonchev–Trinajstić information content (AvgIpc) is 3.32. The Morgan fingerprint density at radius 1 is 1.15 bits per heavy atom. The third-order valence-electron chi connectivity index (χ3n) is 5.00. The van der Waals surface area contributed by atoms with Gasteiger partial charge in [0.15, 0.2) is 0 Å². The summed E-state index contributed by atoms with van der Waals surface area (Å²) in [4.78, 5) is 19.4. The first-order chi connectivity index (χ1) is 12.7. The summed E-state index contributed by atoms with van der Waals surface area (Å²) in [6, 6.07) is 9.97. The molecule has 4 rings (SSSR count). The van der Waals surface area contributed by atoms with Crippen LogP contribution in [-0.4, -0.2) is 33.8 Å². The fourth-order valence-electron chi connectivity index (χ4n) is 3.58. The van der Waals surface area contributed by atoms with Crippen LogP contribution in [0, 0.1) is 0 Å². The zero-order chi connectivity index (χ0) is 17.9. The molecule has 1 N–H and O–H groups in total. The summed E-state index contributed by atoms with van der Waals surface area (Å²) in [6.07, 6.45) is 7.11. The quantitative estimate of drug-likeness (QED) is 0.769. The number of rotatable bonds is 5. The van der Waals surface area contributed by atoms with Crippen LogP contribution in [-0.2, 0) is 18.3 Å². The van der Waals surface area contributed by atoms with Crippen molar-refractivity contribution < 1.29 is 4.79 Å². The first kappa shape index (κ1) is 16.6. The molecule has 0 radical (unpaired) electrons. The summed E-state index contributed by atoms with van der Waals surface area (Å²) in [6.45, 7) is 2.14. The van der Waals surface area contributed by atoms with E-state index in [4.69, 9.17) is 0 Å². The normalized spacial score (nSPS) is 14.1. The highest BCUT2D eigenvalue weighted by molar-refractivity contribution is 6.05. The second-order valence-electron chi connectivity index (χ2n) is 6.72. The maximum absolute atomic E-state index is 12.4. The van der Waals surface area contributed by atoms with Gasteiger partial charge in [0.05, 0.1) is 16.9 Å². The van der Waals surface area contributed by atoms with Crippen molar-refractivity contribution in [3.05, 3.63) is 48.4 Å². The molecule has 2 aromatic heterocycles. The highest BCUT2D eigenvalue weighted by Gasteiger charge is 2.17. The Bertz CT molecular complexity index is 927. The molecule has 1 aliphatic rings. The number of pyridine rings is 1. The fourth-order valence-corrected chi connectivity index (χ4v) is 3.58. The van der Waals surface area contributed by atoms with Crippen molar-refractivity contribution in [1.82, 2.24) is 14.8 Å². The summed E-state index contributed by atoms with van der Waals surface area (Å²) >= 11 is 0. The predicted octanol–water partition coefficient (Wildman–Crippen LogP) is 3.14. The van der Waals surface area contributed by atoms with Gasteiger partial charge in [-0.25, -0.2) is 0 Å². The van der Waals surface area contributed by atoms with Crippen molar-refractivity contribution in [2.75, 3.05) is 23.3 Å². The number of benzene rings is 1. The topological polar surface area (TPSA) is 63.1 Å². The van der Waals surface area contributed by atoms with E-state index >= 15 is 0 Å². The highest BCUT2D eigenvalue weighted by atomic mass is 16.1. The zero-order valence-electron chi connectivity index (χ0n) is 15.0. The van der Waals surface area contributed by atoms with E-state index < -0.39 is 0 Å². The minimum atomic E-state index is 0.00488. The number of hydrogen-bond donors (Lipinski definition) is 1. The maximum atomic E-state index is 12.4. The first-order valence-electron chi connectivity index (χ1n) is 9.12. The molecule has 0 spiro atoms. The van der Waals surface area contributed by atoms with E-state index in [2.05, 4.69) is 26.4 Å². The van der Waals surface area contributed by atoms with Gasteiger partial charge in [-0.2, -0.15) is 5.10 Å². The van der Waals surface area contributed by atoms with Gasteiger partial charge in [0.25, 0.3) is 0 Å². The van der Waals surface area contributed by atoms with Gasteiger partial charge in [0.1, 0.15) is 0 Å². The van der Waals surface area contributed by atoms with E-state index in [1.54, 1.807) is 10.9 Å². The van der Waals surface area contributed by atoms with Crippen molar-refractivity contribution in [2.24, 2.45) is 7.05 Å². The molecule has 6 nitrogen and oxygen atoms in total. The Labute approximate surface area is 152 Å². The Morgan fingerprint density at radius 3 is 2.77 bits per heavy atom. The van der Waals surface area contributed by atoms with Gasteiger partial charge >= 0.3 is 0 Å². The van der Waals surface area contributed by atoms with Gasteiger partial charge in [0.2, 0.25) is 5.91 Å². The molecule has 1 saturated heterocycles. The van der Waals surface area contributed by atoms with E-state index in [9.17, 15) is 4.79 Å². The summed E-state index contributed by atoms with van der Waals surface area (Å²) in [7, 11) is 1.89. The van der Waals surface area contributed by atoms with E-state index in [1.165, 1.54) is 12.8 Å². The van der Waals surface area contributed by atoms with Crippen LogP contribution >= 0.6 is 0 Å². The third-order valence-corrected chi connectivity index (χ3v) is 5.00. The standard InChI is InChI=1S/C20H23N5O/c1-24-15(10-12-22-24)6-9-19(26)23-17-7-8-18(25-13-2-3-14-25)20-16(17)5-4-11-21-20/h4-5,7-8,10-12H,2-3,6,9,13-14H2,1H3,(H,23,26). The third kappa shape index (κ3) is 3.27. The Hall–Kier alpha value is -2.89. The lowest BCUT2D eigenvalue weighted by molar-refractivity contribution is -0.116. The van der Waals surface area contributed by atoms with Crippen LogP contribution in [0.25, 0.3) is 10.9 Å². The highest BCUT2D eigenvalue weighted by Crippen LogP contribution is 2.32. The molecule has 0 aliphatic carbocycles. The Morgan fingerprint density at radius 2 is 2.00 bits per heavy atom. The second kappa shape index (κ2) is 7.15. The second-order valence-corrected chi connectivity index (χ2v) is 6.72. The number of aryl methyl sites for hydroxylation is 2. The molecule has 0 saturated carbocycles. The number of nitrogens with one attached hydrogen (secondary N) is 1. The van der Waals surface area contributed by atoms with Gasteiger partial charge < -0.3 is 10.2 Å². The summed E-state index contributed by atoms with van der Waals surface area (Å²) in [5.41, 5.74) is 3.99. The molecule has 3 aromatic rings. The van der Waals surface area contributed by atoms with Crippen LogP contribution in [0.4, 0.5) is 11.4 Å². The number of nitrogens with zero attached hydrogens (tertiary/aromatic N) is 4. The Kier molecular flexibility index (Phi) is 4.56. The molecule has 134 valence electrons. The molecular formula is C20H23N5O. The van der Waals surface area contributed by atoms with Crippen LogP contribution in [0.1, 0.15) is 25.0 Å². The minimum absolute atomic E-state index is 0.00488. The molecule has 1 amide bonds. The fraction of sp³-hybridized carbons (Fsp3) is 0.350. The SMILES string of the molecule is Cn1nccc1CCC(=O)Nc1ccc(N2CCCC2)c2ncccc12. The molecule has 0 unspecified atom stereocenters. The van der Waals surface area contributed by atoms with E-state index in [-0.39, 0.29) is 5.91 Å². The van der Waals surface area contributed by atoms with Crippen LogP contribution in [0.15, 0.2) is 42.7 Å². The minimum Gasteiger partial charge on any atom is -0.370 e. The summed E-state index contributed by atoms with van der Waals surface area (Å²) < 4.78 is 1.80. The van der Waals surface area contributed by atoms with Gasteiger partial charge in [-0.05, 0) is 49.6 Å². The number of aromatic nitrogens is 3. The van der Waals surface area contributed by atoms with Crippen LogP contribution in [0.3, 0.4) is 0 Å². The number of carbonyl (C=O) groups is 1. The number of anilines is 2. The molecule has 1 aliphatic heterocycles. The zero-order valence-corrected chi connectivity index (χ0v) is 15.0. The van der Waals surface area contributed by atoms with E-state index in [1.807, 2.05) is 37.5 Å². The molecule has 1 fully saturated rings. The summed E-state index contributed by atoms with van der Waals surface area (Å²) in [5, 5.41) is 8.19. The van der Waals surface area contributed by atoms with Crippen molar-refractivity contribution in [2.45, 2.75) is 25.7 Å². The van der Waals surface area contributed by atoms with Crippen LogP contribution in [0.2, 0.25) is 0 Å². The van der Waals surface area contributed by atoms with Crippen molar-refractivity contribution in [3.63, 3.8) is 0 Å². The smallest absolute Gasteiger partial charge is 0.224 e. The largest absolute Gasteiger partial charge is 0.370 e. The lowest BCUT2D eigenvalue weighted by atomic mass is 10.1. The number of hydrogen-bond acceptors (Lipinski definition) is 4. The average molecular weight is 349 g/mol. The molecule has 3 heterocycles. The summed E-state index contributed by atoms with van der Waals surface area (Å²) in [5.74, 6) is 0.00488. The van der Waals surface area contributed by atoms with Gasteiger partial charge in [0, 0.05) is 50.0 Å². The maximum Gasteiger partial charge on any atom is 0.224 e. The first-order valence-corrected chi connectivity index (χ1v) is 9.12. The van der Waals surface area contributed by atoms with Crippen LogP contribution < -0.4 is 10.2 Å². The molecular weight excluding hydrogens is 326 g/mol. The van der Waals surface area contributed by atoms with E-state index in [0.29, 0.717) is 12.8 Å². The monoisotopic (exact) mass is 349 g/mol. The number of amides is 1. The number of fused-ring (bicyclic) bond motifs is 1. The van der Waals surface area contributed by atoms with Gasteiger partial charge in [-0.3, -0.25) is 14.5 Å².